The molecule has 2 aromatic rings. The van der Waals surface area contributed by atoms with Gasteiger partial charge >= 0.3 is 5.97 Å². The van der Waals surface area contributed by atoms with Crippen LogP contribution in [0.15, 0.2) is 40.8 Å². The summed E-state index contributed by atoms with van der Waals surface area (Å²) in [5.74, 6) is 2.00. The lowest BCUT2D eigenvalue weighted by Gasteiger charge is -2.22. The van der Waals surface area contributed by atoms with Gasteiger partial charge in [-0.15, -0.1) is 0 Å². The van der Waals surface area contributed by atoms with Gasteiger partial charge in [-0.05, 0) is 48.9 Å². The average molecular weight is 353 g/mol. The minimum absolute atomic E-state index is 0.0426. The third kappa shape index (κ3) is 3.52. The Morgan fingerprint density at radius 3 is 2.58 bits per heavy atom. The Balaban J connectivity index is 1.47. The van der Waals surface area contributed by atoms with Crippen molar-refractivity contribution in [2.45, 2.75) is 51.1 Å². The second-order valence-corrected chi connectivity index (χ2v) is 7.52. The molecule has 2 aliphatic carbocycles. The SMILES string of the molecule is CC1CC1c1ccc(CN(C(=O)Cc2ccccc2C(=O)O)C2CC2)o1. The van der Waals surface area contributed by atoms with Crippen molar-refractivity contribution < 1.29 is 19.1 Å². The fourth-order valence-corrected chi connectivity index (χ4v) is 3.52. The highest BCUT2D eigenvalue weighted by Gasteiger charge is 2.37. The molecule has 2 fully saturated rings. The zero-order chi connectivity index (χ0) is 18.3. The van der Waals surface area contributed by atoms with Crippen molar-refractivity contribution in [1.29, 1.82) is 0 Å². The minimum Gasteiger partial charge on any atom is -0.478 e. The second kappa shape index (κ2) is 6.63. The summed E-state index contributed by atoms with van der Waals surface area (Å²) in [6.07, 6.45) is 3.27. The van der Waals surface area contributed by atoms with Gasteiger partial charge < -0.3 is 14.4 Å². The van der Waals surface area contributed by atoms with Crippen LogP contribution >= 0.6 is 0 Å². The lowest BCUT2D eigenvalue weighted by Crippen LogP contribution is -2.34. The number of hydrogen-bond donors (Lipinski definition) is 1. The average Bonchev–Trinajstić information content (AvgIpc) is 3.53. The van der Waals surface area contributed by atoms with Gasteiger partial charge in [0.2, 0.25) is 5.91 Å². The van der Waals surface area contributed by atoms with E-state index in [1.165, 1.54) is 6.42 Å². The molecule has 2 saturated carbocycles. The number of amides is 1. The topological polar surface area (TPSA) is 70.8 Å². The number of carbonyl (C=O) groups excluding carboxylic acids is 1. The highest BCUT2D eigenvalue weighted by atomic mass is 16.4. The number of carboxylic acid groups (broad SMARTS) is 1. The largest absolute Gasteiger partial charge is 0.478 e. The van der Waals surface area contributed by atoms with Gasteiger partial charge in [0.05, 0.1) is 18.5 Å². The molecule has 136 valence electrons. The van der Waals surface area contributed by atoms with Gasteiger partial charge in [-0.3, -0.25) is 4.79 Å². The molecule has 4 rings (SSSR count). The summed E-state index contributed by atoms with van der Waals surface area (Å²) >= 11 is 0. The van der Waals surface area contributed by atoms with Gasteiger partial charge in [0.25, 0.3) is 0 Å². The molecule has 1 heterocycles. The van der Waals surface area contributed by atoms with Crippen LogP contribution in [0, 0.1) is 5.92 Å². The molecular weight excluding hydrogens is 330 g/mol. The monoisotopic (exact) mass is 353 g/mol. The Hall–Kier alpha value is -2.56. The van der Waals surface area contributed by atoms with Crippen molar-refractivity contribution in [3.05, 3.63) is 59.0 Å². The molecule has 0 saturated heterocycles. The summed E-state index contributed by atoms with van der Waals surface area (Å²) in [6.45, 7) is 2.67. The molecule has 0 radical (unpaired) electrons. The number of hydrogen-bond acceptors (Lipinski definition) is 3. The zero-order valence-corrected chi connectivity index (χ0v) is 14.9. The van der Waals surface area contributed by atoms with Crippen molar-refractivity contribution in [3.63, 3.8) is 0 Å². The first-order chi connectivity index (χ1) is 12.5. The molecule has 1 aromatic carbocycles. The molecule has 5 nitrogen and oxygen atoms in total. The van der Waals surface area contributed by atoms with Crippen molar-refractivity contribution in [1.82, 2.24) is 4.90 Å². The summed E-state index contributed by atoms with van der Waals surface area (Å²) in [7, 11) is 0. The Morgan fingerprint density at radius 1 is 1.19 bits per heavy atom. The second-order valence-electron chi connectivity index (χ2n) is 7.52. The maximum atomic E-state index is 12.9. The van der Waals surface area contributed by atoms with Gasteiger partial charge in [-0.2, -0.15) is 0 Å². The molecule has 26 heavy (non-hydrogen) atoms. The van der Waals surface area contributed by atoms with Gasteiger partial charge in [-0.25, -0.2) is 4.79 Å². The zero-order valence-electron chi connectivity index (χ0n) is 14.9. The molecule has 1 aromatic heterocycles. The number of carbonyl (C=O) groups is 2. The number of carboxylic acids is 1. The Bertz CT molecular complexity index is 836. The maximum absolute atomic E-state index is 12.9. The molecule has 5 heteroatoms. The predicted octanol–water partition coefficient (Wildman–Crippen LogP) is 3.83. The molecule has 0 bridgehead atoms. The van der Waals surface area contributed by atoms with Crippen molar-refractivity contribution >= 4 is 11.9 Å². The van der Waals surface area contributed by atoms with E-state index in [2.05, 4.69) is 6.92 Å². The van der Waals surface area contributed by atoms with E-state index in [1.807, 2.05) is 17.0 Å². The fraction of sp³-hybridized carbons (Fsp3) is 0.429. The first kappa shape index (κ1) is 16.9. The van der Waals surface area contributed by atoms with E-state index in [1.54, 1.807) is 24.3 Å². The minimum atomic E-state index is -0.999. The van der Waals surface area contributed by atoms with E-state index in [9.17, 15) is 14.7 Å². The first-order valence-electron chi connectivity index (χ1n) is 9.22. The molecule has 2 unspecified atom stereocenters. The molecule has 2 aliphatic rings. The van der Waals surface area contributed by atoms with E-state index < -0.39 is 5.97 Å². The number of benzene rings is 1. The molecule has 1 amide bonds. The quantitative estimate of drug-likeness (QED) is 0.821. The Kier molecular flexibility index (Phi) is 4.31. The standard InChI is InChI=1S/C21H23NO4/c1-13-10-18(13)19-9-8-16(26-19)12-22(15-6-7-15)20(23)11-14-4-2-3-5-17(14)21(24)25/h2-5,8-9,13,15,18H,6-7,10-12H2,1H3,(H,24,25). The van der Waals surface area contributed by atoms with Crippen LogP contribution in [-0.2, 0) is 17.8 Å². The fourth-order valence-electron chi connectivity index (χ4n) is 3.52. The van der Waals surface area contributed by atoms with Crippen molar-refractivity contribution in [2.75, 3.05) is 0 Å². The molecule has 0 aliphatic heterocycles. The Labute approximate surface area is 152 Å². The molecule has 0 spiro atoms. The van der Waals surface area contributed by atoms with E-state index in [0.717, 1.165) is 24.4 Å². The van der Waals surface area contributed by atoms with Gasteiger partial charge in [0.1, 0.15) is 11.5 Å². The Morgan fingerprint density at radius 2 is 1.92 bits per heavy atom. The van der Waals surface area contributed by atoms with Crippen LogP contribution in [0.5, 0.6) is 0 Å². The number of furan rings is 1. The van der Waals surface area contributed by atoms with E-state index in [4.69, 9.17) is 4.42 Å². The smallest absolute Gasteiger partial charge is 0.335 e. The van der Waals surface area contributed by atoms with Crippen LogP contribution in [0.25, 0.3) is 0 Å². The van der Waals surface area contributed by atoms with Crippen molar-refractivity contribution in [2.24, 2.45) is 5.92 Å². The molecule has 1 N–H and O–H groups in total. The normalized spacial score (nSPS) is 21.4. The molecular formula is C21H23NO4. The van der Waals surface area contributed by atoms with Crippen LogP contribution < -0.4 is 0 Å². The molecule has 2 atom stereocenters. The van der Waals surface area contributed by atoms with Gasteiger partial charge in [0.15, 0.2) is 0 Å². The third-order valence-corrected chi connectivity index (χ3v) is 5.38. The highest BCUT2D eigenvalue weighted by molar-refractivity contribution is 5.91. The lowest BCUT2D eigenvalue weighted by molar-refractivity contribution is -0.131. The van der Waals surface area contributed by atoms with E-state index >= 15 is 0 Å². The number of aromatic carboxylic acids is 1. The number of rotatable bonds is 7. The third-order valence-electron chi connectivity index (χ3n) is 5.38. The van der Waals surface area contributed by atoms with Crippen LogP contribution in [0.3, 0.4) is 0 Å². The van der Waals surface area contributed by atoms with Crippen LogP contribution in [-0.4, -0.2) is 27.9 Å². The summed E-state index contributed by atoms with van der Waals surface area (Å²) < 4.78 is 5.96. The summed E-state index contributed by atoms with van der Waals surface area (Å²) in [5.41, 5.74) is 0.752. The summed E-state index contributed by atoms with van der Waals surface area (Å²) in [5, 5.41) is 9.32. The highest BCUT2D eigenvalue weighted by Crippen LogP contribution is 2.47. The van der Waals surface area contributed by atoms with Crippen LogP contribution in [0.1, 0.15) is 59.5 Å². The predicted molar refractivity (Wildman–Crippen MR) is 95.9 cm³/mol. The van der Waals surface area contributed by atoms with Gasteiger partial charge in [0, 0.05) is 12.0 Å². The first-order valence-corrected chi connectivity index (χ1v) is 9.22. The van der Waals surface area contributed by atoms with Crippen molar-refractivity contribution in [3.8, 4) is 0 Å². The van der Waals surface area contributed by atoms with Gasteiger partial charge in [-0.1, -0.05) is 25.1 Å². The van der Waals surface area contributed by atoms with Crippen LogP contribution in [0.2, 0.25) is 0 Å². The summed E-state index contributed by atoms with van der Waals surface area (Å²) in [6, 6.07) is 10.9. The maximum Gasteiger partial charge on any atom is 0.335 e. The summed E-state index contributed by atoms with van der Waals surface area (Å²) in [4.78, 5) is 26.1. The van der Waals surface area contributed by atoms with E-state index in [0.29, 0.717) is 23.9 Å². The number of nitrogens with zero attached hydrogens (tertiary/aromatic N) is 1. The van der Waals surface area contributed by atoms with Crippen LogP contribution in [0.4, 0.5) is 0 Å². The lowest BCUT2D eigenvalue weighted by atomic mass is 10.0. The van der Waals surface area contributed by atoms with E-state index in [-0.39, 0.29) is 23.9 Å².